The second-order valence-electron chi connectivity index (χ2n) is 6.50. The number of aromatic nitrogens is 1. The Hall–Kier alpha value is -3.35. The van der Waals surface area contributed by atoms with Crippen LogP contribution in [0.2, 0.25) is 0 Å². The van der Waals surface area contributed by atoms with Crippen molar-refractivity contribution in [2.45, 2.75) is 25.0 Å². The number of aliphatic carboxylic acids is 1. The molecule has 0 saturated carbocycles. The molecule has 0 aliphatic carbocycles. The van der Waals surface area contributed by atoms with E-state index in [4.69, 9.17) is 4.74 Å². The highest BCUT2D eigenvalue weighted by molar-refractivity contribution is 5.89. The number of aromatic amines is 1. The molecule has 0 bridgehead atoms. The van der Waals surface area contributed by atoms with E-state index in [2.05, 4.69) is 10.3 Å². The summed E-state index contributed by atoms with van der Waals surface area (Å²) in [7, 11) is 0. The van der Waals surface area contributed by atoms with Crippen LogP contribution >= 0.6 is 0 Å². The molecule has 1 amide bonds. The van der Waals surface area contributed by atoms with Gasteiger partial charge in [0.05, 0.1) is 0 Å². The number of para-hydroxylation sites is 2. The van der Waals surface area contributed by atoms with Crippen molar-refractivity contribution in [1.29, 1.82) is 0 Å². The van der Waals surface area contributed by atoms with Gasteiger partial charge >= 0.3 is 5.97 Å². The molecular formula is C20H17FN2O4. The number of carboxylic acid groups (broad SMARTS) is 1. The van der Waals surface area contributed by atoms with Gasteiger partial charge in [-0.05, 0) is 17.7 Å². The highest BCUT2D eigenvalue weighted by atomic mass is 19.1. The van der Waals surface area contributed by atoms with Gasteiger partial charge in [-0.3, -0.25) is 4.79 Å². The summed E-state index contributed by atoms with van der Waals surface area (Å²) in [5, 5.41) is 13.0. The van der Waals surface area contributed by atoms with Crippen LogP contribution in [0, 0.1) is 5.82 Å². The van der Waals surface area contributed by atoms with Crippen molar-refractivity contribution in [1.82, 2.24) is 10.3 Å². The van der Waals surface area contributed by atoms with E-state index >= 15 is 0 Å². The summed E-state index contributed by atoms with van der Waals surface area (Å²) in [6, 6.07) is 10.9. The number of carbonyl (C=O) groups is 2. The normalized spacial score (nSPS) is 16.6. The zero-order valence-corrected chi connectivity index (χ0v) is 14.2. The molecule has 1 aliphatic heterocycles. The van der Waals surface area contributed by atoms with Crippen molar-refractivity contribution in [3.8, 4) is 5.75 Å². The summed E-state index contributed by atoms with van der Waals surface area (Å²) < 4.78 is 19.2. The maximum Gasteiger partial charge on any atom is 0.326 e. The van der Waals surface area contributed by atoms with E-state index in [-0.39, 0.29) is 18.6 Å². The maximum absolute atomic E-state index is 13.8. The first-order valence-electron chi connectivity index (χ1n) is 8.55. The molecule has 4 rings (SSSR count). The Kier molecular flexibility index (Phi) is 4.27. The van der Waals surface area contributed by atoms with Gasteiger partial charge in [0, 0.05) is 35.5 Å². The molecule has 1 aromatic heterocycles. The average Bonchev–Trinajstić information content (AvgIpc) is 3.26. The fraction of sp³-hybridized carbons (Fsp3) is 0.200. The molecule has 0 radical (unpaired) electrons. The van der Waals surface area contributed by atoms with Crippen LogP contribution in [0.5, 0.6) is 5.75 Å². The summed E-state index contributed by atoms with van der Waals surface area (Å²) in [6.45, 7) is 0. The molecule has 7 heteroatoms. The summed E-state index contributed by atoms with van der Waals surface area (Å²) in [6.07, 6.45) is 1.13. The average molecular weight is 368 g/mol. The molecule has 2 atom stereocenters. The standard InChI is InChI=1S/C20H17FN2O4/c21-14-6-3-4-11-9-17(27-18(11)14)19(24)23-16(20(25)26)8-12-10-22-15-7-2-1-5-13(12)15/h1-7,10,16-17,22H,8-9H2,(H,23,24)(H,25,26)/t16-,17+/m1/s1. The van der Waals surface area contributed by atoms with Crippen molar-refractivity contribution in [2.75, 3.05) is 0 Å². The first-order valence-corrected chi connectivity index (χ1v) is 8.55. The molecule has 3 aromatic rings. The number of amides is 1. The topological polar surface area (TPSA) is 91.4 Å². The van der Waals surface area contributed by atoms with Gasteiger partial charge in [-0.1, -0.05) is 30.3 Å². The van der Waals surface area contributed by atoms with E-state index in [1.165, 1.54) is 6.07 Å². The van der Waals surface area contributed by atoms with Crippen LogP contribution in [0.4, 0.5) is 4.39 Å². The second kappa shape index (κ2) is 6.75. The SMILES string of the molecule is O=C(N[C@H](Cc1c[nH]c2ccccc12)C(=O)O)[C@@H]1Cc2cccc(F)c2O1. The molecule has 6 nitrogen and oxygen atoms in total. The second-order valence-corrected chi connectivity index (χ2v) is 6.50. The number of H-pyrrole nitrogens is 1. The summed E-state index contributed by atoms with van der Waals surface area (Å²) in [5.74, 6) is -2.19. The fourth-order valence-corrected chi connectivity index (χ4v) is 3.36. The number of benzene rings is 2. The molecule has 27 heavy (non-hydrogen) atoms. The van der Waals surface area contributed by atoms with Gasteiger partial charge in [0.2, 0.25) is 0 Å². The number of rotatable bonds is 5. The molecule has 3 N–H and O–H groups in total. The van der Waals surface area contributed by atoms with Gasteiger partial charge in [-0.25, -0.2) is 9.18 Å². The van der Waals surface area contributed by atoms with Crippen LogP contribution in [0.25, 0.3) is 10.9 Å². The molecular weight excluding hydrogens is 351 g/mol. The lowest BCUT2D eigenvalue weighted by atomic mass is 10.0. The minimum Gasteiger partial charge on any atom is -0.480 e. The van der Waals surface area contributed by atoms with Crippen molar-refractivity contribution in [3.05, 3.63) is 65.6 Å². The number of hydrogen-bond acceptors (Lipinski definition) is 3. The van der Waals surface area contributed by atoms with E-state index in [9.17, 15) is 19.1 Å². The van der Waals surface area contributed by atoms with Gasteiger partial charge in [0.15, 0.2) is 17.7 Å². The van der Waals surface area contributed by atoms with Crippen molar-refractivity contribution >= 4 is 22.8 Å². The quantitative estimate of drug-likeness (QED) is 0.645. The number of hydrogen-bond donors (Lipinski definition) is 3. The lowest BCUT2D eigenvalue weighted by molar-refractivity contribution is -0.142. The number of nitrogens with one attached hydrogen (secondary N) is 2. The van der Waals surface area contributed by atoms with Crippen LogP contribution in [-0.4, -0.2) is 34.1 Å². The van der Waals surface area contributed by atoms with Crippen LogP contribution in [0.15, 0.2) is 48.7 Å². The Bertz CT molecular complexity index is 1030. The predicted molar refractivity (Wildman–Crippen MR) is 96.1 cm³/mol. The Labute approximate surface area is 154 Å². The summed E-state index contributed by atoms with van der Waals surface area (Å²) in [4.78, 5) is 27.2. The van der Waals surface area contributed by atoms with Crippen LogP contribution in [0.1, 0.15) is 11.1 Å². The molecule has 0 spiro atoms. The highest BCUT2D eigenvalue weighted by Gasteiger charge is 2.33. The molecule has 0 saturated heterocycles. The number of fused-ring (bicyclic) bond motifs is 2. The smallest absolute Gasteiger partial charge is 0.326 e. The number of halogens is 1. The van der Waals surface area contributed by atoms with Crippen molar-refractivity contribution in [2.24, 2.45) is 0 Å². The first-order chi connectivity index (χ1) is 13.0. The Morgan fingerprint density at radius 1 is 1.26 bits per heavy atom. The lowest BCUT2D eigenvalue weighted by Crippen LogP contribution is -2.47. The maximum atomic E-state index is 13.8. The largest absolute Gasteiger partial charge is 0.480 e. The Morgan fingerprint density at radius 2 is 2.07 bits per heavy atom. The molecule has 2 heterocycles. The van der Waals surface area contributed by atoms with E-state index in [0.717, 1.165) is 16.5 Å². The number of ether oxygens (including phenoxy) is 1. The lowest BCUT2D eigenvalue weighted by Gasteiger charge is -2.17. The fourth-order valence-electron chi connectivity index (χ4n) is 3.36. The van der Waals surface area contributed by atoms with E-state index in [0.29, 0.717) is 5.56 Å². The third-order valence-corrected chi connectivity index (χ3v) is 4.72. The van der Waals surface area contributed by atoms with E-state index in [1.54, 1.807) is 18.3 Å². The van der Waals surface area contributed by atoms with Crippen molar-refractivity contribution in [3.63, 3.8) is 0 Å². The zero-order chi connectivity index (χ0) is 19.0. The van der Waals surface area contributed by atoms with Crippen LogP contribution in [0.3, 0.4) is 0 Å². The monoisotopic (exact) mass is 368 g/mol. The third-order valence-electron chi connectivity index (χ3n) is 4.72. The minimum atomic E-state index is -1.14. The van der Waals surface area contributed by atoms with Crippen LogP contribution in [-0.2, 0) is 22.4 Å². The molecule has 0 fully saturated rings. The number of carboxylic acids is 1. The first kappa shape index (κ1) is 17.1. The van der Waals surface area contributed by atoms with E-state index in [1.807, 2.05) is 24.3 Å². The highest BCUT2D eigenvalue weighted by Crippen LogP contribution is 2.31. The minimum absolute atomic E-state index is 0.0566. The van der Waals surface area contributed by atoms with Gasteiger partial charge in [-0.2, -0.15) is 0 Å². The summed E-state index contributed by atoms with van der Waals surface area (Å²) in [5.41, 5.74) is 2.28. The van der Waals surface area contributed by atoms with Crippen LogP contribution < -0.4 is 10.1 Å². The molecule has 1 aliphatic rings. The molecule has 0 unspecified atom stereocenters. The predicted octanol–water partition coefficient (Wildman–Crippen LogP) is 2.42. The summed E-state index contributed by atoms with van der Waals surface area (Å²) >= 11 is 0. The molecule has 2 aromatic carbocycles. The van der Waals surface area contributed by atoms with Gasteiger partial charge in [-0.15, -0.1) is 0 Å². The van der Waals surface area contributed by atoms with Gasteiger partial charge in [0.1, 0.15) is 6.04 Å². The number of carbonyl (C=O) groups excluding carboxylic acids is 1. The Balaban J connectivity index is 1.48. The van der Waals surface area contributed by atoms with Gasteiger partial charge in [0.25, 0.3) is 5.91 Å². The third kappa shape index (κ3) is 3.23. The van der Waals surface area contributed by atoms with Crippen molar-refractivity contribution < 1.29 is 23.8 Å². The Morgan fingerprint density at radius 3 is 2.85 bits per heavy atom. The zero-order valence-electron chi connectivity index (χ0n) is 14.2. The van der Waals surface area contributed by atoms with E-state index < -0.39 is 29.8 Å². The van der Waals surface area contributed by atoms with Gasteiger partial charge < -0.3 is 20.1 Å². The molecule has 138 valence electrons.